The van der Waals surface area contributed by atoms with Crippen molar-refractivity contribution in [2.24, 2.45) is 0 Å². The number of rotatable bonds is 7. The molecule has 0 N–H and O–H groups in total. The summed E-state index contributed by atoms with van der Waals surface area (Å²) in [5.74, 6) is -0.596. The number of hydrogen-bond acceptors (Lipinski definition) is 4. The fraction of sp³-hybridized carbons (Fsp3) is 0.467. The Morgan fingerprint density at radius 2 is 2.25 bits per heavy atom. The highest BCUT2D eigenvalue weighted by molar-refractivity contribution is 5.69. The van der Waals surface area contributed by atoms with Crippen LogP contribution < -0.4 is 0 Å². The summed E-state index contributed by atoms with van der Waals surface area (Å²) in [7, 11) is 1.37. The summed E-state index contributed by atoms with van der Waals surface area (Å²) >= 11 is 0. The molecular weight excluding hydrogens is 259 g/mol. The molecule has 0 heterocycles. The monoisotopic (exact) mass is 278 g/mol. The lowest BCUT2D eigenvalue weighted by atomic mass is 10.1. The van der Waals surface area contributed by atoms with Gasteiger partial charge in [0.15, 0.2) is 0 Å². The van der Waals surface area contributed by atoms with Gasteiger partial charge in [-0.05, 0) is 31.6 Å². The van der Waals surface area contributed by atoms with E-state index in [1.54, 1.807) is 12.1 Å². The minimum atomic E-state index is -0.365. The zero-order valence-corrected chi connectivity index (χ0v) is 11.9. The summed E-state index contributed by atoms with van der Waals surface area (Å²) in [5, 5.41) is 8.70. The van der Waals surface area contributed by atoms with Gasteiger partial charge in [-0.2, -0.15) is 5.26 Å². The van der Waals surface area contributed by atoms with E-state index in [-0.39, 0.29) is 11.8 Å². The predicted molar refractivity (Wildman–Crippen MR) is 73.3 cm³/mol. The van der Waals surface area contributed by atoms with Gasteiger partial charge in [0.1, 0.15) is 5.82 Å². The first-order valence-corrected chi connectivity index (χ1v) is 6.58. The van der Waals surface area contributed by atoms with Crippen LogP contribution in [-0.2, 0) is 16.1 Å². The Kier molecular flexibility index (Phi) is 6.68. The molecule has 1 rings (SSSR count). The van der Waals surface area contributed by atoms with Crippen LogP contribution in [0.25, 0.3) is 0 Å². The van der Waals surface area contributed by atoms with E-state index in [0.29, 0.717) is 37.1 Å². The van der Waals surface area contributed by atoms with Crippen LogP contribution >= 0.6 is 0 Å². The van der Waals surface area contributed by atoms with Crippen molar-refractivity contribution in [3.8, 4) is 6.07 Å². The molecule has 0 atom stereocenters. The Bertz CT molecular complexity index is 497. The normalized spacial score (nSPS) is 10.3. The molecule has 0 aromatic heterocycles. The van der Waals surface area contributed by atoms with E-state index in [4.69, 9.17) is 5.26 Å². The molecule has 0 aliphatic carbocycles. The van der Waals surface area contributed by atoms with Gasteiger partial charge < -0.3 is 4.74 Å². The summed E-state index contributed by atoms with van der Waals surface area (Å²) in [6, 6.07) is 6.41. The molecule has 0 amide bonds. The van der Waals surface area contributed by atoms with Crippen molar-refractivity contribution in [3.05, 3.63) is 35.1 Å². The second-order valence-electron chi connectivity index (χ2n) is 4.47. The molecule has 0 unspecified atom stereocenters. The standard InChI is InChI=1S/C15H19FN2O2/c1-3-18(8-4-5-15(19)20-2)11-13-7-6-12(10-17)9-14(13)16/h6-7,9H,3-5,8,11H2,1-2H3. The summed E-state index contributed by atoms with van der Waals surface area (Å²) in [6.07, 6.45) is 1.04. The lowest BCUT2D eigenvalue weighted by Crippen LogP contribution is -2.25. The van der Waals surface area contributed by atoms with E-state index in [9.17, 15) is 9.18 Å². The van der Waals surface area contributed by atoms with Gasteiger partial charge >= 0.3 is 5.97 Å². The second-order valence-corrected chi connectivity index (χ2v) is 4.47. The van der Waals surface area contributed by atoms with Crippen LogP contribution in [0.4, 0.5) is 4.39 Å². The molecule has 0 radical (unpaired) electrons. The topological polar surface area (TPSA) is 53.3 Å². The van der Waals surface area contributed by atoms with Crippen LogP contribution in [0.5, 0.6) is 0 Å². The first kappa shape index (κ1) is 16.1. The fourth-order valence-electron chi connectivity index (χ4n) is 1.88. The average Bonchev–Trinajstić information content (AvgIpc) is 2.47. The second kappa shape index (κ2) is 8.28. The van der Waals surface area contributed by atoms with Crippen molar-refractivity contribution in [2.45, 2.75) is 26.3 Å². The molecule has 0 saturated carbocycles. The molecule has 0 saturated heterocycles. The van der Waals surface area contributed by atoms with E-state index in [1.165, 1.54) is 13.2 Å². The lowest BCUT2D eigenvalue weighted by molar-refractivity contribution is -0.140. The number of nitrogens with zero attached hydrogens (tertiary/aromatic N) is 2. The van der Waals surface area contributed by atoms with Gasteiger partial charge in [-0.1, -0.05) is 13.0 Å². The van der Waals surface area contributed by atoms with Crippen molar-refractivity contribution >= 4 is 5.97 Å². The number of halogens is 1. The molecular formula is C15H19FN2O2. The number of esters is 1. The average molecular weight is 278 g/mol. The molecule has 0 aliphatic rings. The molecule has 0 spiro atoms. The Hall–Kier alpha value is -1.93. The van der Waals surface area contributed by atoms with Crippen LogP contribution in [0, 0.1) is 17.1 Å². The van der Waals surface area contributed by atoms with Crippen molar-refractivity contribution in [3.63, 3.8) is 0 Å². The maximum absolute atomic E-state index is 13.8. The SMILES string of the molecule is CCN(CCCC(=O)OC)Cc1ccc(C#N)cc1F. The van der Waals surface area contributed by atoms with Gasteiger partial charge in [0.2, 0.25) is 0 Å². The molecule has 0 bridgehead atoms. The van der Waals surface area contributed by atoms with E-state index in [2.05, 4.69) is 4.74 Å². The third-order valence-corrected chi connectivity index (χ3v) is 3.11. The van der Waals surface area contributed by atoms with E-state index in [0.717, 1.165) is 6.54 Å². The van der Waals surface area contributed by atoms with E-state index >= 15 is 0 Å². The first-order chi connectivity index (χ1) is 9.60. The Balaban J connectivity index is 2.56. The van der Waals surface area contributed by atoms with Gasteiger partial charge in [0, 0.05) is 18.5 Å². The Morgan fingerprint density at radius 3 is 2.80 bits per heavy atom. The number of carbonyl (C=O) groups excluding carboxylic acids is 1. The number of hydrogen-bond donors (Lipinski definition) is 0. The maximum atomic E-state index is 13.8. The molecule has 0 aliphatic heterocycles. The third-order valence-electron chi connectivity index (χ3n) is 3.11. The number of nitriles is 1. The van der Waals surface area contributed by atoms with E-state index < -0.39 is 0 Å². The first-order valence-electron chi connectivity index (χ1n) is 6.58. The van der Waals surface area contributed by atoms with Crippen LogP contribution in [0.3, 0.4) is 0 Å². The van der Waals surface area contributed by atoms with Crippen LogP contribution in [0.2, 0.25) is 0 Å². The summed E-state index contributed by atoms with van der Waals surface area (Å²) in [4.78, 5) is 13.1. The lowest BCUT2D eigenvalue weighted by Gasteiger charge is -2.20. The van der Waals surface area contributed by atoms with Crippen molar-refractivity contribution < 1.29 is 13.9 Å². The zero-order valence-electron chi connectivity index (χ0n) is 11.9. The summed E-state index contributed by atoms with van der Waals surface area (Å²) < 4.78 is 18.4. The number of carbonyl (C=O) groups is 1. The van der Waals surface area contributed by atoms with Crippen LogP contribution in [0.15, 0.2) is 18.2 Å². The molecule has 0 fully saturated rings. The molecule has 20 heavy (non-hydrogen) atoms. The maximum Gasteiger partial charge on any atom is 0.305 e. The summed E-state index contributed by atoms with van der Waals surface area (Å²) in [6.45, 7) is 3.92. The van der Waals surface area contributed by atoms with Crippen molar-refractivity contribution in [1.82, 2.24) is 4.90 Å². The van der Waals surface area contributed by atoms with Gasteiger partial charge in [0.25, 0.3) is 0 Å². The van der Waals surface area contributed by atoms with Gasteiger partial charge in [-0.15, -0.1) is 0 Å². The molecule has 5 heteroatoms. The Labute approximate surface area is 118 Å². The smallest absolute Gasteiger partial charge is 0.305 e. The zero-order chi connectivity index (χ0) is 15.0. The van der Waals surface area contributed by atoms with Crippen molar-refractivity contribution in [1.29, 1.82) is 5.26 Å². The van der Waals surface area contributed by atoms with Gasteiger partial charge in [-0.25, -0.2) is 4.39 Å². The molecule has 108 valence electrons. The Morgan fingerprint density at radius 1 is 1.50 bits per heavy atom. The number of methoxy groups -OCH3 is 1. The highest BCUT2D eigenvalue weighted by Crippen LogP contribution is 2.13. The van der Waals surface area contributed by atoms with E-state index in [1.807, 2.05) is 17.9 Å². The number of ether oxygens (including phenoxy) is 1. The van der Waals surface area contributed by atoms with Gasteiger partial charge in [-0.3, -0.25) is 9.69 Å². The van der Waals surface area contributed by atoms with Crippen LogP contribution in [-0.4, -0.2) is 31.1 Å². The fourth-order valence-corrected chi connectivity index (χ4v) is 1.88. The largest absolute Gasteiger partial charge is 0.469 e. The van der Waals surface area contributed by atoms with Gasteiger partial charge in [0.05, 0.1) is 18.7 Å². The predicted octanol–water partition coefficient (Wildman–Crippen LogP) is 2.47. The van der Waals surface area contributed by atoms with Crippen LogP contribution in [0.1, 0.15) is 30.9 Å². The quantitative estimate of drug-likeness (QED) is 0.719. The highest BCUT2D eigenvalue weighted by Gasteiger charge is 2.09. The minimum absolute atomic E-state index is 0.231. The summed E-state index contributed by atoms with van der Waals surface area (Å²) in [5.41, 5.74) is 0.879. The molecule has 4 nitrogen and oxygen atoms in total. The third kappa shape index (κ3) is 4.98. The number of benzene rings is 1. The van der Waals surface area contributed by atoms with Crippen molar-refractivity contribution in [2.75, 3.05) is 20.2 Å². The molecule has 1 aromatic rings. The molecule has 1 aromatic carbocycles. The highest BCUT2D eigenvalue weighted by atomic mass is 19.1. The minimum Gasteiger partial charge on any atom is -0.469 e.